The summed E-state index contributed by atoms with van der Waals surface area (Å²) in [6.45, 7) is 4.38. The molecule has 0 aliphatic rings. The number of allylic oxidation sites excluding steroid dienone is 10. The van der Waals surface area contributed by atoms with Crippen molar-refractivity contribution in [3.63, 3.8) is 0 Å². The second kappa shape index (κ2) is 63.2. The lowest BCUT2D eigenvalue weighted by Crippen LogP contribution is -2.37. The molecule has 0 aliphatic carbocycles. The Morgan fingerprint density at radius 1 is 0.390 bits per heavy atom. The quantitative estimate of drug-likeness (QED) is 0.0211. The first kappa shape index (κ1) is 79.7. The number of phosphoric acid groups is 1. The normalized spacial score (nSPS) is 13.5. The maximum atomic E-state index is 12.9. The zero-order valence-corrected chi connectivity index (χ0v) is 55.6. The number of nitrogens with zero attached hydrogens (tertiary/aromatic N) is 1. The van der Waals surface area contributed by atoms with Crippen LogP contribution in [-0.2, 0) is 32.7 Å². The van der Waals surface area contributed by atoms with E-state index in [-0.39, 0.29) is 25.6 Å². The molecule has 0 bridgehead atoms. The van der Waals surface area contributed by atoms with Crippen molar-refractivity contribution in [1.82, 2.24) is 0 Å². The van der Waals surface area contributed by atoms with Crippen molar-refractivity contribution in [1.29, 1.82) is 0 Å². The molecule has 0 saturated heterocycles. The van der Waals surface area contributed by atoms with Crippen molar-refractivity contribution >= 4 is 19.8 Å². The minimum absolute atomic E-state index is 0.0338. The van der Waals surface area contributed by atoms with E-state index in [4.69, 9.17) is 18.5 Å². The standard InChI is InChI=1S/C72H134NO8P/c1-6-8-10-12-14-16-18-20-22-24-26-28-30-31-32-33-34-35-36-37-38-39-40-41-43-45-47-49-51-53-55-57-59-61-63-65-72(75)81-70(69-80-82(76,77)79-67-66-73(3,4)5)68-78-71(74)64-62-60-58-56-54-52-50-48-46-44-42-29-27-25-23-21-19-17-15-13-11-9-7-2/h8,10,14,16,20,22,26,28,31-32,70H,6-7,9,11-13,15,17-19,21,23-25,27,29-30,33-69H2,1-5H3/p+1/b10-8-,16-14-,22-20-,28-26-,32-31-. The largest absolute Gasteiger partial charge is 0.472 e. The highest BCUT2D eigenvalue weighted by atomic mass is 31.2. The second-order valence-electron chi connectivity index (χ2n) is 24.9. The maximum Gasteiger partial charge on any atom is 0.472 e. The number of phosphoric ester groups is 1. The highest BCUT2D eigenvalue weighted by Gasteiger charge is 2.27. The summed E-state index contributed by atoms with van der Waals surface area (Å²) in [4.78, 5) is 35.9. The van der Waals surface area contributed by atoms with Gasteiger partial charge in [-0.2, -0.15) is 0 Å². The predicted molar refractivity (Wildman–Crippen MR) is 353 cm³/mol. The summed E-state index contributed by atoms with van der Waals surface area (Å²) in [6, 6.07) is 0. The second-order valence-corrected chi connectivity index (χ2v) is 26.4. The van der Waals surface area contributed by atoms with Crippen LogP contribution in [0.25, 0.3) is 0 Å². The molecule has 0 amide bonds. The summed E-state index contributed by atoms with van der Waals surface area (Å²) in [5, 5.41) is 0. The van der Waals surface area contributed by atoms with Gasteiger partial charge in [-0.05, 0) is 57.8 Å². The van der Waals surface area contributed by atoms with Crippen LogP contribution in [0.15, 0.2) is 60.8 Å². The molecule has 0 spiro atoms. The molecule has 9 nitrogen and oxygen atoms in total. The molecule has 0 fully saturated rings. The number of hydrogen-bond donors (Lipinski definition) is 1. The zero-order valence-electron chi connectivity index (χ0n) is 54.7. The fourth-order valence-corrected chi connectivity index (χ4v) is 11.0. The van der Waals surface area contributed by atoms with Crippen molar-refractivity contribution in [3.8, 4) is 0 Å². The molecule has 10 heteroatoms. The van der Waals surface area contributed by atoms with E-state index in [1.165, 1.54) is 238 Å². The lowest BCUT2D eigenvalue weighted by atomic mass is 10.0. The average molecular weight is 1170 g/mol. The monoisotopic (exact) mass is 1170 g/mol. The molecule has 0 aromatic carbocycles. The van der Waals surface area contributed by atoms with Crippen LogP contribution < -0.4 is 0 Å². The van der Waals surface area contributed by atoms with Crippen LogP contribution in [0.4, 0.5) is 0 Å². The highest BCUT2D eigenvalue weighted by Crippen LogP contribution is 2.43. The van der Waals surface area contributed by atoms with E-state index >= 15 is 0 Å². The van der Waals surface area contributed by atoms with Gasteiger partial charge in [-0.1, -0.05) is 325 Å². The molecular weight excluding hydrogens is 1040 g/mol. The molecule has 0 aromatic rings. The van der Waals surface area contributed by atoms with Gasteiger partial charge in [0, 0.05) is 12.8 Å². The van der Waals surface area contributed by atoms with Gasteiger partial charge < -0.3 is 18.9 Å². The van der Waals surface area contributed by atoms with Crippen molar-refractivity contribution in [2.45, 2.75) is 341 Å². The third-order valence-electron chi connectivity index (χ3n) is 15.6. The molecule has 0 aromatic heterocycles. The van der Waals surface area contributed by atoms with E-state index in [0.29, 0.717) is 23.9 Å². The fraction of sp³-hybridized carbons (Fsp3) is 0.833. The maximum absolute atomic E-state index is 12.9. The minimum atomic E-state index is -4.39. The number of unbranched alkanes of at least 4 members (excludes halogenated alkanes) is 41. The van der Waals surface area contributed by atoms with Crippen LogP contribution >= 0.6 is 7.82 Å². The molecule has 480 valence electrons. The van der Waals surface area contributed by atoms with Crippen molar-refractivity contribution in [3.05, 3.63) is 60.8 Å². The molecule has 0 rings (SSSR count). The number of ether oxygens (including phenoxy) is 2. The van der Waals surface area contributed by atoms with E-state index in [1.807, 2.05) is 21.1 Å². The van der Waals surface area contributed by atoms with Crippen LogP contribution in [0.5, 0.6) is 0 Å². The Balaban J connectivity index is 3.99. The Morgan fingerprint density at radius 3 is 1.04 bits per heavy atom. The van der Waals surface area contributed by atoms with Crippen LogP contribution in [0.2, 0.25) is 0 Å². The summed E-state index contributed by atoms with van der Waals surface area (Å²) < 4.78 is 34.7. The summed E-state index contributed by atoms with van der Waals surface area (Å²) in [6.07, 6.45) is 83.3. The van der Waals surface area contributed by atoms with Crippen LogP contribution in [0.3, 0.4) is 0 Å². The number of esters is 2. The smallest absolute Gasteiger partial charge is 0.462 e. The minimum Gasteiger partial charge on any atom is -0.462 e. The Labute approximate surface area is 508 Å². The van der Waals surface area contributed by atoms with E-state index < -0.39 is 26.5 Å². The van der Waals surface area contributed by atoms with Gasteiger partial charge in [0.25, 0.3) is 0 Å². The molecule has 2 unspecified atom stereocenters. The third-order valence-corrected chi connectivity index (χ3v) is 16.5. The van der Waals surface area contributed by atoms with Gasteiger partial charge >= 0.3 is 19.8 Å². The van der Waals surface area contributed by atoms with Gasteiger partial charge in [-0.25, -0.2) is 4.57 Å². The number of likely N-dealkylation sites (N-methyl/N-ethyl adjacent to an activating group) is 1. The topological polar surface area (TPSA) is 108 Å². The Bertz CT molecular complexity index is 1570. The third kappa shape index (κ3) is 66.8. The molecule has 2 atom stereocenters. The van der Waals surface area contributed by atoms with Gasteiger partial charge in [-0.3, -0.25) is 18.6 Å². The summed E-state index contributed by atoms with van der Waals surface area (Å²) in [7, 11) is 1.49. The lowest BCUT2D eigenvalue weighted by molar-refractivity contribution is -0.870. The fourth-order valence-electron chi connectivity index (χ4n) is 10.2. The SMILES string of the molecule is CC/C=C\C/C=C\C/C=C\C/C=C\C/C=C\CCCCCCCCCCCCCCCCCCCCCC(=O)OC(COC(=O)CCCCCCCCCCCCCCCCCCCCCCCCC)COP(=O)(O)OCC[N+](C)(C)C. The predicted octanol–water partition coefficient (Wildman–Crippen LogP) is 22.6. The van der Waals surface area contributed by atoms with Crippen LogP contribution in [-0.4, -0.2) is 74.9 Å². The van der Waals surface area contributed by atoms with E-state index in [0.717, 1.165) is 64.2 Å². The Hall–Kier alpha value is -2.29. The molecule has 0 saturated carbocycles. The van der Waals surface area contributed by atoms with Crippen molar-refractivity contribution < 1.29 is 42.1 Å². The van der Waals surface area contributed by atoms with Crippen LogP contribution in [0, 0.1) is 0 Å². The van der Waals surface area contributed by atoms with E-state index in [1.54, 1.807) is 0 Å². The van der Waals surface area contributed by atoms with Gasteiger partial charge in [-0.15, -0.1) is 0 Å². The molecule has 1 N–H and O–H groups in total. The first-order valence-corrected chi connectivity index (χ1v) is 36.5. The molecular formula is C72H135NO8P+. The van der Waals surface area contributed by atoms with Crippen molar-refractivity contribution in [2.75, 3.05) is 47.5 Å². The number of carbonyl (C=O) groups excluding carboxylic acids is 2. The number of quaternary nitrogens is 1. The lowest BCUT2D eigenvalue weighted by Gasteiger charge is -2.24. The first-order valence-electron chi connectivity index (χ1n) is 35.0. The van der Waals surface area contributed by atoms with Gasteiger partial charge in [0.1, 0.15) is 19.8 Å². The molecule has 82 heavy (non-hydrogen) atoms. The van der Waals surface area contributed by atoms with Crippen molar-refractivity contribution in [2.24, 2.45) is 0 Å². The molecule has 0 heterocycles. The Kier molecular flexibility index (Phi) is 61.5. The summed E-state index contributed by atoms with van der Waals surface area (Å²) >= 11 is 0. The number of rotatable bonds is 65. The van der Waals surface area contributed by atoms with E-state index in [2.05, 4.69) is 74.6 Å². The van der Waals surface area contributed by atoms with E-state index in [9.17, 15) is 19.0 Å². The Morgan fingerprint density at radius 2 is 0.695 bits per heavy atom. The summed E-state index contributed by atoms with van der Waals surface area (Å²) in [5.74, 6) is -0.777. The van der Waals surface area contributed by atoms with Gasteiger partial charge in [0.15, 0.2) is 6.10 Å². The molecule has 0 aliphatic heterocycles. The number of hydrogen-bond acceptors (Lipinski definition) is 7. The summed E-state index contributed by atoms with van der Waals surface area (Å²) in [5.41, 5.74) is 0. The average Bonchev–Trinajstić information content (AvgIpc) is 3.45. The number of carbonyl (C=O) groups is 2. The van der Waals surface area contributed by atoms with Gasteiger partial charge in [0.05, 0.1) is 27.7 Å². The highest BCUT2D eigenvalue weighted by molar-refractivity contribution is 7.47. The first-order chi connectivity index (χ1) is 40.0. The zero-order chi connectivity index (χ0) is 59.8. The van der Waals surface area contributed by atoms with Gasteiger partial charge in [0.2, 0.25) is 0 Å². The molecule has 0 radical (unpaired) electrons. The van der Waals surface area contributed by atoms with Crippen LogP contribution in [0.1, 0.15) is 335 Å².